The molecule has 1 N–H and O–H groups in total. The minimum atomic E-state index is -1.34. The summed E-state index contributed by atoms with van der Waals surface area (Å²) in [5.74, 6) is -0.843. The summed E-state index contributed by atoms with van der Waals surface area (Å²) in [4.78, 5) is 16.3. The van der Waals surface area contributed by atoms with Gasteiger partial charge in [-0.15, -0.1) is 0 Å². The van der Waals surface area contributed by atoms with Crippen LogP contribution in [0.15, 0.2) is 78.9 Å². The molecular formula is C29H30F2N2O3. The third-order valence-electron chi connectivity index (χ3n) is 7.46. The standard InChI is InChI=1S/C29H30F2N2O3/c30-24-10-6-21(7-11-24)29(35,22-8-12-25(31)13-9-22)23-14-17-32(18-15-23)19-16-27-20-33(28(34)36-27)26-4-2-1-3-5-26/h1-13,23,27,35H,14-20H2. The van der Waals surface area contributed by atoms with Crippen molar-refractivity contribution in [3.05, 3.63) is 102 Å². The number of nitrogens with zero attached hydrogens (tertiary/aromatic N) is 2. The number of hydrogen-bond acceptors (Lipinski definition) is 4. The summed E-state index contributed by atoms with van der Waals surface area (Å²) in [6, 6.07) is 21.3. The highest BCUT2D eigenvalue weighted by atomic mass is 19.1. The van der Waals surface area contributed by atoms with Gasteiger partial charge >= 0.3 is 6.09 Å². The Labute approximate surface area is 209 Å². The highest BCUT2D eigenvalue weighted by Crippen LogP contribution is 2.42. The maximum Gasteiger partial charge on any atom is 0.414 e. The minimum absolute atomic E-state index is 0.109. The van der Waals surface area contributed by atoms with E-state index in [1.807, 2.05) is 30.3 Å². The topological polar surface area (TPSA) is 53.0 Å². The number of ether oxygens (including phenoxy) is 1. The average molecular weight is 493 g/mol. The van der Waals surface area contributed by atoms with Crippen LogP contribution in [0.25, 0.3) is 0 Å². The maximum absolute atomic E-state index is 13.6. The molecule has 0 spiro atoms. The highest BCUT2D eigenvalue weighted by Gasteiger charge is 2.42. The number of carbonyl (C=O) groups is 1. The number of para-hydroxylation sites is 1. The van der Waals surface area contributed by atoms with E-state index in [-0.39, 0.29) is 29.7 Å². The summed E-state index contributed by atoms with van der Waals surface area (Å²) in [6.07, 6.45) is 1.72. The van der Waals surface area contributed by atoms with Crippen molar-refractivity contribution in [2.24, 2.45) is 5.92 Å². The van der Waals surface area contributed by atoms with Crippen LogP contribution in [-0.2, 0) is 10.3 Å². The lowest BCUT2D eigenvalue weighted by Gasteiger charge is -2.42. The van der Waals surface area contributed by atoms with Crippen molar-refractivity contribution < 1.29 is 23.4 Å². The normalized spacial score (nSPS) is 19.5. The van der Waals surface area contributed by atoms with Crippen molar-refractivity contribution in [1.29, 1.82) is 0 Å². The molecule has 1 unspecified atom stereocenters. The van der Waals surface area contributed by atoms with Gasteiger partial charge in [-0.05, 0) is 85.8 Å². The van der Waals surface area contributed by atoms with Gasteiger partial charge in [0.05, 0.1) is 6.54 Å². The monoisotopic (exact) mass is 492 g/mol. The first-order valence-electron chi connectivity index (χ1n) is 12.4. The summed E-state index contributed by atoms with van der Waals surface area (Å²) < 4.78 is 32.8. The Bertz CT molecular complexity index is 1120. The number of piperidine rings is 1. The predicted molar refractivity (Wildman–Crippen MR) is 134 cm³/mol. The van der Waals surface area contributed by atoms with Crippen LogP contribution in [0.5, 0.6) is 0 Å². The van der Waals surface area contributed by atoms with Crippen LogP contribution >= 0.6 is 0 Å². The number of aliphatic hydroxyl groups is 1. The second kappa shape index (κ2) is 10.4. The first-order valence-corrected chi connectivity index (χ1v) is 12.4. The Hall–Kier alpha value is -3.29. The first kappa shape index (κ1) is 24.4. The van der Waals surface area contributed by atoms with Crippen LogP contribution < -0.4 is 4.90 Å². The van der Waals surface area contributed by atoms with E-state index in [2.05, 4.69) is 4.90 Å². The Morgan fingerprint density at radius 3 is 1.97 bits per heavy atom. The van der Waals surface area contributed by atoms with Crippen LogP contribution in [0.4, 0.5) is 19.3 Å². The van der Waals surface area contributed by atoms with Gasteiger partial charge in [-0.2, -0.15) is 0 Å². The molecule has 36 heavy (non-hydrogen) atoms. The molecule has 2 saturated heterocycles. The fraction of sp³-hybridized carbons (Fsp3) is 0.345. The fourth-order valence-electron chi connectivity index (χ4n) is 5.44. The Morgan fingerprint density at radius 2 is 1.42 bits per heavy atom. The molecule has 2 aliphatic heterocycles. The van der Waals surface area contributed by atoms with E-state index in [4.69, 9.17) is 4.74 Å². The molecule has 7 heteroatoms. The summed E-state index contributed by atoms with van der Waals surface area (Å²) in [6.45, 7) is 2.88. The molecule has 0 bridgehead atoms. The lowest BCUT2D eigenvalue weighted by molar-refractivity contribution is -0.0155. The molecule has 3 aromatic rings. The largest absolute Gasteiger partial charge is 0.444 e. The molecular weight excluding hydrogens is 462 g/mol. The number of halogens is 2. The molecule has 2 aliphatic rings. The number of hydrogen-bond donors (Lipinski definition) is 1. The third-order valence-corrected chi connectivity index (χ3v) is 7.46. The van der Waals surface area contributed by atoms with E-state index in [1.165, 1.54) is 24.3 Å². The van der Waals surface area contributed by atoms with Gasteiger partial charge in [-0.1, -0.05) is 42.5 Å². The van der Waals surface area contributed by atoms with Gasteiger partial charge < -0.3 is 14.7 Å². The van der Waals surface area contributed by atoms with Crippen LogP contribution in [0.3, 0.4) is 0 Å². The summed E-state index contributed by atoms with van der Waals surface area (Å²) in [5, 5.41) is 12.0. The highest BCUT2D eigenvalue weighted by molar-refractivity contribution is 5.89. The Balaban J connectivity index is 1.22. The molecule has 5 nitrogen and oxygen atoms in total. The molecule has 0 aromatic heterocycles. The lowest BCUT2D eigenvalue weighted by atomic mass is 9.72. The molecule has 2 heterocycles. The van der Waals surface area contributed by atoms with E-state index in [9.17, 15) is 18.7 Å². The second-order valence-corrected chi connectivity index (χ2v) is 9.64. The number of anilines is 1. The zero-order valence-electron chi connectivity index (χ0n) is 20.0. The molecule has 1 atom stereocenters. The number of amides is 1. The van der Waals surface area contributed by atoms with Gasteiger partial charge in [0, 0.05) is 12.2 Å². The van der Waals surface area contributed by atoms with E-state index in [1.54, 1.807) is 29.2 Å². The number of carbonyl (C=O) groups excluding carboxylic acids is 1. The number of benzene rings is 3. The SMILES string of the molecule is O=C1OC(CCN2CCC(C(O)(c3ccc(F)cc3)c3ccc(F)cc3)CC2)CN1c1ccccc1. The maximum atomic E-state index is 13.6. The Morgan fingerprint density at radius 1 is 0.861 bits per heavy atom. The first-order chi connectivity index (χ1) is 17.4. The van der Waals surface area contributed by atoms with Crippen molar-refractivity contribution in [3.63, 3.8) is 0 Å². The van der Waals surface area contributed by atoms with Gasteiger partial charge in [-0.3, -0.25) is 4.90 Å². The van der Waals surface area contributed by atoms with E-state index < -0.39 is 5.60 Å². The number of rotatable bonds is 7. The zero-order valence-corrected chi connectivity index (χ0v) is 20.0. The molecule has 5 rings (SSSR count). The van der Waals surface area contributed by atoms with Gasteiger partial charge in [0.15, 0.2) is 0 Å². The second-order valence-electron chi connectivity index (χ2n) is 9.64. The van der Waals surface area contributed by atoms with Crippen LogP contribution in [0, 0.1) is 17.6 Å². The minimum Gasteiger partial charge on any atom is -0.444 e. The molecule has 3 aromatic carbocycles. The van der Waals surface area contributed by atoms with E-state index >= 15 is 0 Å². The fourth-order valence-corrected chi connectivity index (χ4v) is 5.44. The number of likely N-dealkylation sites (tertiary alicyclic amines) is 1. The summed E-state index contributed by atoms with van der Waals surface area (Å²) in [7, 11) is 0. The van der Waals surface area contributed by atoms with Crippen molar-refractivity contribution in [3.8, 4) is 0 Å². The van der Waals surface area contributed by atoms with Crippen LogP contribution in [0.1, 0.15) is 30.4 Å². The van der Waals surface area contributed by atoms with E-state index in [0.29, 0.717) is 17.7 Å². The summed E-state index contributed by atoms with van der Waals surface area (Å²) >= 11 is 0. The van der Waals surface area contributed by atoms with Gasteiger partial charge in [0.25, 0.3) is 0 Å². The smallest absolute Gasteiger partial charge is 0.414 e. The molecule has 0 saturated carbocycles. The molecule has 2 fully saturated rings. The number of cyclic esters (lactones) is 1. The van der Waals surface area contributed by atoms with Crippen molar-refractivity contribution >= 4 is 11.8 Å². The van der Waals surface area contributed by atoms with E-state index in [0.717, 1.165) is 44.6 Å². The van der Waals surface area contributed by atoms with Crippen molar-refractivity contribution in [1.82, 2.24) is 4.90 Å². The van der Waals surface area contributed by atoms with Gasteiger partial charge in [-0.25, -0.2) is 13.6 Å². The molecule has 1 amide bonds. The van der Waals surface area contributed by atoms with Gasteiger partial charge in [0.1, 0.15) is 23.3 Å². The quantitative estimate of drug-likeness (QED) is 0.485. The summed E-state index contributed by atoms with van der Waals surface area (Å²) in [5.41, 5.74) is 0.706. The lowest BCUT2D eigenvalue weighted by Crippen LogP contribution is -2.44. The van der Waals surface area contributed by atoms with Crippen LogP contribution in [0.2, 0.25) is 0 Å². The van der Waals surface area contributed by atoms with Crippen LogP contribution in [-0.4, -0.2) is 48.4 Å². The zero-order chi connectivity index (χ0) is 25.1. The third kappa shape index (κ3) is 4.99. The van der Waals surface area contributed by atoms with Crippen molar-refractivity contribution in [2.75, 3.05) is 31.1 Å². The average Bonchev–Trinajstić information content (AvgIpc) is 3.29. The predicted octanol–water partition coefficient (Wildman–Crippen LogP) is 5.33. The van der Waals surface area contributed by atoms with Gasteiger partial charge in [0.2, 0.25) is 0 Å². The Kier molecular flexibility index (Phi) is 7.03. The molecule has 0 aliphatic carbocycles. The van der Waals surface area contributed by atoms with Crippen molar-refractivity contribution in [2.45, 2.75) is 31.0 Å². The molecule has 188 valence electrons. The molecule has 0 radical (unpaired) electrons.